The van der Waals surface area contributed by atoms with Gasteiger partial charge in [0.1, 0.15) is 12.2 Å². The Morgan fingerprint density at radius 1 is 1.17 bits per heavy atom. The Bertz CT molecular complexity index is 1230. The summed E-state index contributed by atoms with van der Waals surface area (Å²) in [5.41, 5.74) is 1.38. The molecular formula is C21H19N5O3. The summed E-state index contributed by atoms with van der Waals surface area (Å²) < 4.78 is 6.85. The van der Waals surface area contributed by atoms with Crippen molar-refractivity contribution in [3.05, 3.63) is 65.1 Å². The van der Waals surface area contributed by atoms with Crippen molar-refractivity contribution in [2.24, 2.45) is 0 Å². The van der Waals surface area contributed by atoms with Crippen molar-refractivity contribution in [2.45, 2.75) is 26.4 Å². The van der Waals surface area contributed by atoms with Gasteiger partial charge >= 0.3 is 0 Å². The molecule has 1 N–H and O–H groups in total. The van der Waals surface area contributed by atoms with Crippen LogP contribution < -0.4 is 10.9 Å². The topological polar surface area (TPSA) is 103 Å². The van der Waals surface area contributed by atoms with Crippen LogP contribution in [0, 0.1) is 0 Å². The quantitative estimate of drug-likeness (QED) is 0.563. The Balaban J connectivity index is 1.80. The van der Waals surface area contributed by atoms with Crippen LogP contribution in [-0.2, 0) is 11.3 Å². The molecule has 8 nitrogen and oxygen atoms in total. The zero-order valence-electron chi connectivity index (χ0n) is 16.0. The summed E-state index contributed by atoms with van der Waals surface area (Å²) in [7, 11) is 0. The second kappa shape index (κ2) is 7.67. The lowest BCUT2D eigenvalue weighted by atomic mass is 10.1. The third kappa shape index (κ3) is 3.77. The standard InChI is InChI=1S/C21H19N5O3/c1-13(2)23-18(27)12-26-17-9-4-3-7-14(17)15(11-19(26)28)21-24-20(25-29-21)16-8-5-6-10-22-16/h3-11,13H,12H2,1-2H3,(H,23,27). The molecule has 146 valence electrons. The minimum absolute atomic E-state index is 0.00727. The first-order valence-corrected chi connectivity index (χ1v) is 9.20. The molecule has 0 unspecified atom stereocenters. The van der Waals surface area contributed by atoms with E-state index in [1.54, 1.807) is 24.4 Å². The van der Waals surface area contributed by atoms with Crippen molar-refractivity contribution in [1.29, 1.82) is 0 Å². The van der Waals surface area contributed by atoms with E-state index in [1.807, 2.05) is 38.1 Å². The van der Waals surface area contributed by atoms with E-state index in [1.165, 1.54) is 10.6 Å². The number of carbonyl (C=O) groups excluding carboxylic acids is 1. The Morgan fingerprint density at radius 2 is 1.97 bits per heavy atom. The number of nitrogens with zero attached hydrogens (tertiary/aromatic N) is 4. The van der Waals surface area contributed by atoms with Crippen molar-refractivity contribution in [2.75, 3.05) is 0 Å². The van der Waals surface area contributed by atoms with Crippen LogP contribution in [0.4, 0.5) is 0 Å². The van der Waals surface area contributed by atoms with Crippen molar-refractivity contribution in [3.8, 4) is 23.0 Å². The number of amides is 1. The number of hydrogen-bond donors (Lipinski definition) is 1. The van der Waals surface area contributed by atoms with Gasteiger partial charge in [0.05, 0.1) is 11.1 Å². The zero-order chi connectivity index (χ0) is 20.4. The first-order chi connectivity index (χ1) is 14.0. The van der Waals surface area contributed by atoms with Gasteiger partial charge in [-0.1, -0.05) is 29.4 Å². The molecule has 0 saturated heterocycles. The van der Waals surface area contributed by atoms with Crippen LogP contribution in [-0.4, -0.2) is 31.6 Å². The zero-order valence-corrected chi connectivity index (χ0v) is 16.0. The van der Waals surface area contributed by atoms with E-state index in [9.17, 15) is 9.59 Å². The highest BCUT2D eigenvalue weighted by Gasteiger charge is 2.18. The van der Waals surface area contributed by atoms with E-state index in [0.29, 0.717) is 22.6 Å². The molecule has 0 aliphatic rings. The Hall–Kier alpha value is -3.81. The molecule has 1 aromatic carbocycles. The molecule has 0 spiro atoms. The SMILES string of the molecule is CC(C)NC(=O)Cn1c(=O)cc(-c2nc(-c3ccccn3)no2)c2ccccc21. The molecule has 4 rings (SSSR count). The van der Waals surface area contributed by atoms with Crippen molar-refractivity contribution >= 4 is 16.8 Å². The molecule has 0 aliphatic carbocycles. The Kier molecular flexibility index (Phi) is 4.90. The number of aromatic nitrogens is 4. The monoisotopic (exact) mass is 389 g/mol. The van der Waals surface area contributed by atoms with E-state index in [2.05, 4.69) is 20.4 Å². The molecule has 8 heteroatoms. The molecule has 3 heterocycles. The molecule has 0 radical (unpaired) electrons. The molecule has 0 atom stereocenters. The van der Waals surface area contributed by atoms with E-state index < -0.39 is 0 Å². The fraction of sp³-hybridized carbons (Fsp3) is 0.190. The predicted molar refractivity (Wildman–Crippen MR) is 108 cm³/mol. The minimum Gasteiger partial charge on any atom is -0.352 e. The van der Waals surface area contributed by atoms with Gasteiger partial charge in [0.2, 0.25) is 11.7 Å². The largest absolute Gasteiger partial charge is 0.352 e. The molecule has 29 heavy (non-hydrogen) atoms. The van der Waals surface area contributed by atoms with Crippen molar-refractivity contribution < 1.29 is 9.32 Å². The summed E-state index contributed by atoms with van der Waals surface area (Å²) in [6.07, 6.45) is 1.64. The first-order valence-electron chi connectivity index (χ1n) is 9.20. The lowest BCUT2D eigenvalue weighted by molar-refractivity contribution is -0.122. The summed E-state index contributed by atoms with van der Waals surface area (Å²) in [6.45, 7) is 3.67. The number of benzene rings is 1. The van der Waals surface area contributed by atoms with Crippen LogP contribution in [0.1, 0.15) is 13.8 Å². The second-order valence-corrected chi connectivity index (χ2v) is 6.86. The van der Waals surface area contributed by atoms with Gasteiger partial charge in [-0.05, 0) is 32.0 Å². The fourth-order valence-corrected chi connectivity index (χ4v) is 3.12. The van der Waals surface area contributed by atoms with Gasteiger partial charge in [-0.25, -0.2) is 0 Å². The summed E-state index contributed by atoms with van der Waals surface area (Å²) in [5, 5.41) is 7.52. The van der Waals surface area contributed by atoms with Crippen LogP contribution >= 0.6 is 0 Å². The van der Waals surface area contributed by atoms with E-state index >= 15 is 0 Å². The molecule has 1 amide bonds. The fourth-order valence-electron chi connectivity index (χ4n) is 3.12. The van der Waals surface area contributed by atoms with Crippen LogP contribution in [0.5, 0.6) is 0 Å². The van der Waals surface area contributed by atoms with Crippen molar-refractivity contribution in [1.82, 2.24) is 25.0 Å². The average molecular weight is 389 g/mol. The van der Waals surface area contributed by atoms with Gasteiger partial charge in [-0.15, -0.1) is 0 Å². The van der Waals surface area contributed by atoms with Gasteiger partial charge in [-0.2, -0.15) is 4.98 Å². The van der Waals surface area contributed by atoms with E-state index in [-0.39, 0.29) is 29.9 Å². The predicted octanol–water partition coefficient (Wildman–Crippen LogP) is 2.64. The Morgan fingerprint density at radius 3 is 2.72 bits per heavy atom. The smallest absolute Gasteiger partial charge is 0.259 e. The van der Waals surface area contributed by atoms with Crippen LogP contribution in [0.3, 0.4) is 0 Å². The maximum absolute atomic E-state index is 12.8. The molecule has 0 saturated carbocycles. The molecule has 0 bridgehead atoms. The maximum atomic E-state index is 12.8. The van der Waals surface area contributed by atoms with Gasteiger partial charge in [-0.3, -0.25) is 19.1 Å². The highest BCUT2D eigenvalue weighted by atomic mass is 16.5. The van der Waals surface area contributed by atoms with Crippen LogP contribution in [0.15, 0.2) is 64.0 Å². The van der Waals surface area contributed by atoms with Crippen molar-refractivity contribution in [3.63, 3.8) is 0 Å². The number of fused-ring (bicyclic) bond motifs is 1. The number of carbonyl (C=O) groups is 1. The Labute approximate surface area is 166 Å². The maximum Gasteiger partial charge on any atom is 0.259 e. The normalized spacial score (nSPS) is 11.1. The van der Waals surface area contributed by atoms with Crippen LogP contribution in [0.25, 0.3) is 33.9 Å². The molecule has 0 fully saturated rings. The lowest BCUT2D eigenvalue weighted by Gasteiger charge is -2.13. The molecule has 0 aliphatic heterocycles. The lowest BCUT2D eigenvalue weighted by Crippen LogP contribution is -2.36. The third-order valence-electron chi connectivity index (χ3n) is 4.32. The minimum atomic E-state index is -0.324. The number of nitrogens with one attached hydrogen (secondary N) is 1. The molecule has 4 aromatic rings. The van der Waals surface area contributed by atoms with Gasteiger partial charge in [0.25, 0.3) is 11.4 Å². The summed E-state index contributed by atoms with van der Waals surface area (Å²) in [6, 6.07) is 14.1. The van der Waals surface area contributed by atoms with E-state index in [4.69, 9.17) is 4.52 Å². The number of pyridine rings is 2. The van der Waals surface area contributed by atoms with Crippen LogP contribution in [0.2, 0.25) is 0 Å². The third-order valence-corrected chi connectivity index (χ3v) is 4.32. The molecule has 3 aromatic heterocycles. The highest BCUT2D eigenvalue weighted by Crippen LogP contribution is 2.27. The second-order valence-electron chi connectivity index (χ2n) is 6.86. The number of hydrogen-bond acceptors (Lipinski definition) is 6. The summed E-state index contributed by atoms with van der Waals surface area (Å²) >= 11 is 0. The van der Waals surface area contributed by atoms with Gasteiger partial charge < -0.3 is 9.84 Å². The van der Waals surface area contributed by atoms with E-state index in [0.717, 1.165) is 5.39 Å². The number of rotatable bonds is 5. The average Bonchev–Trinajstić information content (AvgIpc) is 3.20. The summed E-state index contributed by atoms with van der Waals surface area (Å²) in [5.74, 6) is 0.332. The summed E-state index contributed by atoms with van der Waals surface area (Å²) in [4.78, 5) is 33.6. The molecular weight excluding hydrogens is 370 g/mol. The highest BCUT2D eigenvalue weighted by molar-refractivity contribution is 5.93. The van der Waals surface area contributed by atoms with Gasteiger partial charge in [0.15, 0.2) is 0 Å². The number of para-hydroxylation sites is 1. The van der Waals surface area contributed by atoms with Gasteiger partial charge in [0, 0.05) is 23.7 Å². The first kappa shape index (κ1) is 18.5.